The molecule has 12 rings (SSSR count). The number of benzene rings is 8. The molecule has 12 aromatic rings. The van der Waals surface area contributed by atoms with Crippen LogP contribution in [0, 0.1) is 0 Å². The lowest BCUT2D eigenvalue weighted by molar-refractivity contribution is 1.07. The number of aromatic nitrogens is 6. The lowest BCUT2D eigenvalue weighted by atomic mass is 9.96. The fourth-order valence-corrected chi connectivity index (χ4v) is 10.1. The zero-order chi connectivity index (χ0) is 39.6. The average molecular weight is 803 g/mol. The van der Waals surface area contributed by atoms with E-state index in [2.05, 4.69) is 144 Å². The van der Waals surface area contributed by atoms with E-state index in [1.54, 1.807) is 0 Å². The van der Waals surface area contributed by atoms with Gasteiger partial charge in [0.2, 0.25) is 0 Å². The molecular weight excluding hydrogens is 773 g/mol. The lowest BCUT2D eigenvalue weighted by Crippen LogP contribution is -2.00. The molecule has 8 aromatic carbocycles. The third-order valence-corrected chi connectivity index (χ3v) is 13.0. The highest BCUT2D eigenvalue weighted by Gasteiger charge is 2.18. The summed E-state index contributed by atoms with van der Waals surface area (Å²) >= 11 is 3.08. The maximum atomic E-state index is 5.29. The van der Waals surface area contributed by atoms with Crippen LogP contribution in [0.5, 0.6) is 0 Å². The maximum Gasteiger partial charge on any atom is 0.164 e. The first-order valence-electron chi connectivity index (χ1n) is 19.7. The lowest BCUT2D eigenvalue weighted by Gasteiger charge is -2.12. The fraction of sp³-hybridized carbons (Fsp3) is 0. The van der Waals surface area contributed by atoms with Crippen molar-refractivity contribution in [3.05, 3.63) is 182 Å². The van der Waals surface area contributed by atoms with Crippen LogP contribution >= 0.6 is 23.1 Å². The van der Waals surface area contributed by atoms with Crippen molar-refractivity contribution in [3.63, 3.8) is 0 Å². The van der Waals surface area contributed by atoms with Crippen LogP contribution in [-0.4, -0.2) is 28.7 Å². The summed E-state index contributed by atoms with van der Waals surface area (Å²) in [5.74, 6) is 1.85. The Labute approximate surface area is 352 Å². The van der Waals surface area contributed by atoms with Gasteiger partial charge in [0.25, 0.3) is 0 Å². The Morgan fingerprint density at radius 2 is 0.950 bits per heavy atom. The molecule has 4 aromatic heterocycles. The van der Waals surface area contributed by atoms with Gasteiger partial charge in [-0.15, -0.1) is 11.3 Å². The minimum atomic E-state index is 0.606. The molecular formula is C52H30N6S2. The highest BCUT2D eigenvalue weighted by atomic mass is 32.1. The van der Waals surface area contributed by atoms with E-state index >= 15 is 0 Å². The molecule has 0 amide bonds. The third kappa shape index (κ3) is 5.84. The average Bonchev–Trinajstić information content (AvgIpc) is 3.97. The van der Waals surface area contributed by atoms with E-state index in [0.29, 0.717) is 17.5 Å². The molecule has 0 aliphatic heterocycles. The molecule has 0 radical (unpaired) electrons. The molecule has 4 heterocycles. The standard InChI is InChI=1S/C52H30N6S2/c1-3-11-32(12-4-1)47-42-27-28-43-48(58-60-57-43)46(42)41-26-25-36(30-44(41)53-47)35-15-9-16-37(29-35)52-55-50(33-13-5-2-6-14-33)54-51(56-52)34-23-21-31(22-24-34)38-18-10-19-40-39-17-7-8-20-45(39)59-49(38)40/h1-30H. The monoisotopic (exact) mass is 802 g/mol. The molecule has 6 nitrogen and oxygen atoms in total. The van der Waals surface area contributed by atoms with Crippen LogP contribution in [0.3, 0.4) is 0 Å². The molecule has 0 aliphatic rings. The molecule has 0 saturated heterocycles. The number of rotatable bonds is 6. The maximum absolute atomic E-state index is 5.29. The summed E-state index contributed by atoms with van der Waals surface area (Å²) in [4.78, 5) is 20.5. The third-order valence-electron chi connectivity index (χ3n) is 11.2. The van der Waals surface area contributed by atoms with Gasteiger partial charge in [0.15, 0.2) is 17.5 Å². The van der Waals surface area contributed by atoms with Gasteiger partial charge in [-0.2, -0.15) is 8.75 Å². The zero-order valence-corrected chi connectivity index (χ0v) is 33.5. The first-order valence-corrected chi connectivity index (χ1v) is 21.2. The quantitative estimate of drug-likeness (QED) is 0.156. The van der Waals surface area contributed by atoms with Crippen molar-refractivity contribution in [3.8, 4) is 67.7 Å². The number of hydrogen-bond acceptors (Lipinski definition) is 8. The molecule has 0 N–H and O–H groups in total. The molecule has 0 unspecified atom stereocenters. The van der Waals surface area contributed by atoms with E-state index < -0.39 is 0 Å². The Bertz CT molecular complexity index is 3600. The van der Waals surface area contributed by atoms with Crippen LogP contribution in [0.1, 0.15) is 0 Å². The van der Waals surface area contributed by atoms with Gasteiger partial charge in [-0.1, -0.05) is 152 Å². The number of thiophene rings is 1. The molecule has 0 fully saturated rings. The van der Waals surface area contributed by atoms with Crippen molar-refractivity contribution in [2.75, 3.05) is 0 Å². The van der Waals surface area contributed by atoms with Crippen molar-refractivity contribution < 1.29 is 0 Å². The Hall–Kier alpha value is -7.52. The van der Waals surface area contributed by atoms with Gasteiger partial charge in [0.05, 0.1) is 22.9 Å². The van der Waals surface area contributed by atoms with E-state index in [9.17, 15) is 0 Å². The normalized spacial score (nSPS) is 11.7. The fourth-order valence-electron chi connectivity index (χ4n) is 8.29. The number of pyridine rings is 1. The van der Waals surface area contributed by atoms with Gasteiger partial charge in [-0.05, 0) is 52.6 Å². The summed E-state index contributed by atoms with van der Waals surface area (Å²) in [6.07, 6.45) is 0. The van der Waals surface area contributed by atoms with Gasteiger partial charge in [0, 0.05) is 58.6 Å². The molecule has 0 bridgehead atoms. The van der Waals surface area contributed by atoms with Crippen LogP contribution in [0.25, 0.3) is 121 Å². The smallest absolute Gasteiger partial charge is 0.164 e. The summed E-state index contributed by atoms with van der Waals surface area (Å²) in [5.41, 5.74) is 11.9. The van der Waals surface area contributed by atoms with Crippen molar-refractivity contribution in [2.45, 2.75) is 0 Å². The van der Waals surface area contributed by atoms with Gasteiger partial charge in [0.1, 0.15) is 11.0 Å². The second-order valence-corrected chi connectivity index (χ2v) is 16.4. The van der Waals surface area contributed by atoms with E-state index in [1.807, 2.05) is 53.8 Å². The summed E-state index contributed by atoms with van der Waals surface area (Å²) in [5, 5.41) is 5.76. The SMILES string of the molecule is c1ccc(-c2nc(-c3ccc(-c4cccc5c4sc4ccccc45)cc3)nc(-c3cccc(-c4ccc5c(c4)nc(-c4ccccc4)c4ccc6nsnc6c45)c3)n2)cc1. The van der Waals surface area contributed by atoms with Crippen molar-refractivity contribution in [2.24, 2.45) is 0 Å². The molecule has 8 heteroatoms. The summed E-state index contributed by atoms with van der Waals surface area (Å²) in [6, 6.07) is 63.4. The minimum absolute atomic E-state index is 0.606. The Kier molecular flexibility index (Phi) is 8.11. The Morgan fingerprint density at radius 3 is 1.77 bits per heavy atom. The van der Waals surface area contributed by atoms with Crippen LogP contribution in [0.2, 0.25) is 0 Å². The Morgan fingerprint density at radius 1 is 0.350 bits per heavy atom. The zero-order valence-electron chi connectivity index (χ0n) is 31.8. The first-order chi connectivity index (χ1) is 29.7. The first kappa shape index (κ1) is 34.5. The molecule has 0 aliphatic carbocycles. The Balaban J connectivity index is 0.960. The number of fused-ring (bicyclic) bond motifs is 8. The van der Waals surface area contributed by atoms with E-state index in [1.165, 1.54) is 37.5 Å². The van der Waals surface area contributed by atoms with E-state index in [0.717, 1.165) is 77.3 Å². The molecule has 0 atom stereocenters. The van der Waals surface area contributed by atoms with Gasteiger partial charge < -0.3 is 0 Å². The number of nitrogens with zero attached hydrogens (tertiary/aromatic N) is 6. The van der Waals surface area contributed by atoms with Crippen molar-refractivity contribution in [1.29, 1.82) is 0 Å². The predicted molar refractivity (Wildman–Crippen MR) is 249 cm³/mol. The van der Waals surface area contributed by atoms with Crippen molar-refractivity contribution in [1.82, 2.24) is 28.7 Å². The van der Waals surface area contributed by atoms with Crippen LogP contribution in [-0.2, 0) is 0 Å². The van der Waals surface area contributed by atoms with Crippen LogP contribution in [0.4, 0.5) is 0 Å². The second-order valence-electron chi connectivity index (χ2n) is 14.8. The molecule has 0 spiro atoms. The largest absolute Gasteiger partial charge is 0.247 e. The second kappa shape index (κ2) is 14.1. The van der Waals surface area contributed by atoms with E-state index in [4.69, 9.17) is 24.3 Å². The van der Waals surface area contributed by atoms with Gasteiger partial charge >= 0.3 is 0 Å². The summed E-state index contributed by atoms with van der Waals surface area (Å²) in [7, 11) is 0. The van der Waals surface area contributed by atoms with Gasteiger partial charge in [-0.3, -0.25) is 0 Å². The summed E-state index contributed by atoms with van der Waals surface area (Å²) < 4.78 is 11.9. The topological polar surface area (TPSA) is 77.3 Å². The summed E-state index contributed by atoms with van der Waals surface area (Å²) in [6.45, 7) is 0. The highest BCUT2D eigenvalue weighted by molar-refractivity contribution is 7.26. The predicted octanol–water partition coefficient (Wildman–Crippen LogP) is 13.9. The van der Waals surface area contributed by atoms with Crippen molar-refractivity contribution >= 4 is 75.9 Å². The highest BCUT2D eigenvalue weighted by Crippen LogP contribution is 2.41. The van der Waals surface area contributed by atoms with Crippen LogP contribution < -0.4 is 0 Å². The number of hydrogen-bond donors (Lipinski definition) is 0. The van der Waals surface area contributed by atoms with E-state index in [-0.39, 0.29) is 0 Å². The minimum Gasteiger partial charge on any atom is -0.247 e. The molecule has 280 valence electrons. The van der Waals surface area contributed by atoms with Gasteiger partial charge in [-0.25, -0.2) is 19.9 Å². The molecule has 0 saturated carbocycles. The van der Waals surface area contributed by atoms with Crippen LogP contribution in [0.15, 0.2) is 182 Å². The molecule has 60 heavy (non-hydrogen) atoms.